The SMILES string of the molecule is O=C(O)C1c2ccccc2-c2ccccc21.c1ccccc1. The Bertz CT molecular complexity index is 706. The van der Waals surface area contributed by atoms with E-state index in [0.717, 1.165) is 22.3 Å². The van der Waals surface area contributed by atoms with Crippen molar-refractivity contribution in [1.82, 2.24) is 0 Å². The summed E-state index contributed by atoms with van der Waals surface area (Å²) >= 11 is 0. The summed E-state index contributed by atoms with van der Waals surface area (Å²) in [6.07, 6.45) is 0. The normalized spacial score (nSPS) is 11.8. The topological polar surface area (TPSA) is 37.3 Å². The number of carbonyl (C=O) groups is 1. The van der Waals surface area contributed by atoms with Gasteiger partial charge in [0.2, 0.25) is 0 Å². The van der Waals surface area contributed by atoms with Gasteiger partial charge < -0.3 is 5.11 Å². The smallest absolute Gasteiger partial charge is 0.315 e. The maximum atomic E-state index is 11.3. The number of fused-ring (bicyclic) bond motifs is 3. The molecule has 1 aliphatic rings. The number of carboxylic acids is 1. The van der Waals surface area contributed by atoms with Gasteiger partial charge in [-0.05, 0) is 22.3 Å². The van der Waals surface area contributed by atoms with Crippen molar-refractivity contribution in [3.8, 4) is 11.1 Å². The Balaban J connectivity index is 0.000000202. The molecule has 2 heteroatoms. The molecule has 0 saturated carbocycles. The van der Waals surface area contributed by atoms with Crippen molar-refractivity contribution in [3.63, 3.8) is 0 Å². The second-order valence-corrected chi connectivity index (χ2v) is 5.10. The largest absolute Gasteiger partial charge is 0.481 e. The van der Waals surface area contributed by atoms with Crippen LogP contribution < -0.4 is 0 Å². The van der Waals surface area contributed by atoms with E-state index in [4.69, 9.17) is 0 Å². The van der Waals surface area contributed by atoms with Crippen molar-refractivity contribution in [3.05, 3.63) is 96.1 Å². The molecule has 108 valence electrons. The van der Waals surface area contributed by atoms with Gasteiger partial charge in [-0.15, -0.1) is 0 Å². The molecule has 4 rings (SSSR count). The van der Waals surface area contributed by atoms with Crippen LogP contribution in [0, 0.1) is 0 Å². The Labute approximate surface area is 129 Å². The van der Waals surface area contributed by atoms with Crippen LogP contribution in [-0.2, 0) is 4.79 Å². The average molecular weight is 288 g/mol. The van der Waals surface area contributed by atoms with Gasteiger partial charge in [-0.3, -0.25) is 4.79 Å². The summed E-state index contributed by atoms with van der Waals surface area (Å²) in [6.45, 7) is 0. The summed E-state index contributed by atoms with van der Waals surface area (Å²) in [5, 5.41) is 9.31. The molecule has 3 aromatic carbocycles. The molecule has 1 N–H and O–H groups in total. The minimum Gasteiger partial charge on any atom is -0.481 e. The molecule has 0 aromatic heterocycles. The number of aliphatic carboxylic acids is 1. The molecule has 0 spiro atoms. The fourth-order valence-corrected chi connectivity index (χ4v) is 2.81. The Morgan fingerprint density at radius 2 is 1.00 bits per heavy atom. The van der Waals surface area contributed by atoms with E-state index in [0.29, 0.717) is 0 Å². The van der Waals surface area contributed by atoms with E-state index in [9.17, 15) is 9.90 Å². The molecule has 0 atom stereocenters. The van der Waals surface area contributed by atoms with Crippen LogP contribution in [0.15, 0.2) is 84.9 Å². The Kier molecular flexibility index (Phi) is 4.01. The minimum absolute atomic E-state index is 0.507. The highest BCUT2D eigenvalue weighted by Gasteiger charge is 2.32. The lowest BCUT2D eigenvalue weighted by molar-refractivity contribution is -0.137. The Morgan fingerprint density at radius 3 is 1.36 bits per heavy atom. The third-order valence-electron chi connectivity index (χ3n) is 3.75. The van der Waals surface area contributed by atoms with Gasteiger partial charge in [0.1, 0.15) is 5.92 Å². The average Bonchev–Trinajstić information content (AvgIpc) is 2.92. The highest BCUT2D eigenvalue weighted by Crippen LogP contribution is 2.44. The number of benzene rings is 3. The van der Waals surface area contributed by atoms with Crippen LogP contribution in [0.2, 0.25) is 0 Å². The predicted octanol–water partition coefficient (Wildman–Crippen LogP) is 4.57. The summed E-state index contributed by atoms with van der Waals surface area (Å²) in [6, 6.07) is 27.4. The van der Waals surface area contributed by atoms with Gasteiger partial charge in [-0.1, -0.05) is 84.9 Å². The van der Waals surface area contributed by atoms with Crippen molar-refractivity contribution in [1.29, 1.82) is 0 Å². The number of hydrogen-bond donors (Lipinski definition) is 1. The van der Waals surface area contributed by atoms with Gasteiger partial charge in [0.25, 0.3) is 0 Å². The van der Waals surface area contributed by atoms with Crippen molar-refractivity contribution < 1.29 is 9.90 Å². The molecule has 0 amide bonds. The quantitative estimate of drug-likeness (QED) is 0.712. The molecule has 0 unspecified atom stereocenters. The van der Waals surface area contributed by atoms with E-state index >= 15 is 0 Å². The molecule has 0 heterocycles. The van der Waals surface area contributed by atoms with E-state index in [1.54, 1.807) is 0 Å². The van der Waals surface area contributed by atoms with Crippen LogP contribution in [0.3, 0.4) is 0 Å². The zero-order valence-electron chi connectivity index (χ0n) is 12.0. The highest BCUT2D eigenvalue weighted by molar-refractivity contribution is 5.92. The third kappa shape index (κ3) is 2.63. The van der Waals surface area contributed by atoms with Crippen LogP contribution in [0.25, 0.3) is 11.1 Å². The van der Waals surface area contributed by atoms with Crippen LogP contribution in [-0.4, -0.2) is 11.1 Å². The van der Waals surface area contributed by atoms with Gasteiger partial charge in [0.15, 0.2) is 0 Å². The molecule has 0 aliphatic heterocycles. The predicted molar refractivity (Wildman–Crippen MR) is 87.8 cm³/mol. The summed E-state index contributed by atoms with van der Waals surface area (Å²) in [7, 11) is 0. The van der Waals surface area contributed by atoms with E-state index in [2.05, 4.69) is 0 Å². The van der Waals surface area contributed by atoms with Gasteiger partial charge in [-0.2, -0.15) is 0 Å². The van der Waals surface area contributed by atoms with E-state index in [1.807, 2.05) is 84.9 Å². The third-order valence-corrected chi connectivity index (χ3v) is 3.75. The number of carboxylic acid groups (broad SMARTS) is 1. The molecule has 1 aliphatic carbocycles. The Hall–Kier alpha value is -2.87. The summed E-state index contributed by atoms with van der Waals surface area (Å²) in [5.41, 5.74) is 3.89. The molecule has 2 nitrogen and oxygen atoms in total. The van der Waals surface area contributed by atoms with Crippen LogP contribution >= 0.6 is 0 Å². The second kappa shape index (κ2) is 6.27. The number of hydrogen-bond acceptors (Lipinski definition) is 1. The second-order valence-electron chi connectivity index (χ2n) is 5.10. The molecule has 3 aromatic rings. The zero-order valence-corrected chi connectivity index (χ0v) is 12.0. The van der Waals surface area contributed by atoms with E-state index in [1.165, 1.54) is 0 Å². The fraction of sp³-hybridized carbons (Fsp3) is 0.0500. The summed E-state index contributed by atoms with van der Waals surface area (Å²) in [5.74, 6) is -1.29. The lowest BCUT2D eigenvalue weighted by Crippen LogP contribution is -2.09. The first-order valence-corrected chi connectivity index (χ1v) is 7.20. The number of rotatable bonds is 1. The summed E-state index contributed by atoms with van der Waals surface area (Å²) < 4.78 is 0. The zero-order chi connectivity index (χ0) is 15.4. The monoisotopic (exact) mass is 288 g/mol. The lowest BCUT2D eigenvalue weighted by Gasteiger charge is -2.06. The van der Waals surface area contributed by atoms with Gasteiger partial charge >= 0.3 is 5.97 Å². The maximum absolute atomic E-state index is 11.3. The van der Waals surface area contributed by atoms with Crippen molar-refractivity contribution in [2.24, 2.45) is 0 Å². The van der Waals surface area contributed by atoms with Gasteiger partial charge in [0, 0.05) is 0 Å². The molecule has 0 fully saturated rings. The standard InChI is InChI=1S/C14H10O2.C6H6/c15-14(16)13-11-7-3-1-5-9(11)10-6-2-4-8-12(10)13;1-2-4-6-5-3-1/h1-8,13H,(H,15,16);1-6H. The lowest BCUT2D eigenvalue weighted by atomic mass is 9.97. The fourth-order valence-electron chi connectivity index (χ4n) is 2.81. The van der Waals surface area contributed by atoms with Gasteiger partial charge in [-0.25, -0.2) is 0 Å². The first kappa shape index (κ1) is 14.1. The molecule has 0 radical (unpaired) electrons. The van der Waals surface area contributed by atoms with E-state index in [-0.39, 0.29) is 0 Å². The van der Waals surface area contributed by atoms with E-state index < -0.39 is 11.9 Å². The minimum atomic E-state index is -0.780. The molecule has 0 saturated heterocycles. The van der Waals surface area contributed by atoms with Crippen molar-refractivity contribution >= 4 is 5.97 Å². The molecular formula is C20H16O2. The van der Waals surface area contributed by atoms with Crippen molar-refractivity contribution in [2.75, 3.05) is 0 Å². The van der Waals surface area contributed by atoms with Crippen molar-refractivity contribution in [2.45, 2.75) is 5.92 Å². The maximum Gasteiger partial charge on any atom is 0.315 e. The van der Waals surface area contributed by atoms with Crippen LogP contribution in [0.1, 0.15) is 17.0 Å². The molecule has 22 heavy (non-hydrogen) atoms. The summed E-state index contributed by atoms with van der Waals surface area (Å²) in [4.78, 5) is 11.3. The highest BCUT2D eigenvalue weighted by atomic mass is 16.4. The van der Waals surface area contributed by atoms with Crippen LogP contribution in [0.5, 0.6) is 0 Å². The Morgan fingerprint density at radius 1 is 0.636 bits per heavy atom. The first-order valence-electron chi connectivity index (χ1n) is 7.20. The molecule has 0 bridgehead atoms. The molecular weight excluding hydrogens is 272 g/mol. The first-order chi connectivity index (χ1) is 10.8. The van der Waals surface area contributed by atoms with Gasteiger partial charge in [0.05, 0.1) is 0 Å². The van der Waals surface area contributed by atoms with Crippen LogP contribution in [0.4, 0.5) is 0 Å².